The summed E-state index contributed by atoms with van der Waals surface area (Å²) in [7, 11) is -1.83. The number of aromatic amines is 1. The molecule has 0 radical (unpaired) electrons. The van der Waals surface area contributed by atoms with Gasteiger partial charge >= 0.3 is 0 Å². The third-order valence-corrected chi connectivity index (χ3v) is 6.40. The molecule has 0 amide bonds. The summed E-state index contributed by atoms with van der Waals surface area (Å²) in [5, 5.41) is 10.4. The fraction of sp³-hybridized carbons (Fsp3) is 0.389. The number of methoxy groups -OCH3 is 1. The van der Waals surface area contributed by atoms with Gasteiger partial charge in [0.05, 0.1) is 30.0 Å². The molecule has 30 heavy (non-hydrogen) atoms. The van der Waals surface area contributed by atoms with Gasteiger partial charge in [0.1, 0.15) is 5.75 Å². The number of ether oxygens (including phenoxy) is 1. The number of piperidine rings is 1. The summed E-state index contributed by atoms with van der Waals surface area (Å²) in [4.78, 5) is 8.60. The molecule has 2 aromatic heterocycles. The zero-order valence-corrected chi connectivity index (χ0v) is 17.1. The van der Waals surface area contributed by atoms with Crippen LogP contribution in [0.1, 0.15) is 12.8 Å². The molecule has 1 saturated heterocycles. The van der Waals surface area contributed by atoms with Gasteiger partial charge in [0, 0.05) is 25.3 Å². The average Bonchev–Trinajstić information content (AvgIpc) is 3.12. The average molecular weight is 438 g/mol. The second-order valence-corrected chi connectivity index (χ2v) is 9.03. The van der Waals surface area contributed by atoms with Crippen molar-refractivity contribution in [2.75, 3.05) is 31.8 Å². The van der Waals surface area contributed by atoms with Crippen LogP contribution in [0.25, 0.3) is 22.3 Å². The number of anilines is 1. The molecule has 9 nitrogen and oxygen atoms in total. The van der Waals surface area contributed by atoms with E-state index in [-0.39, 0.29) is 28.7 Å². The van der Waals surface area contributed by atoms with E-state index in [1.807, 2.05) is 0 Å². The minimum absolute atomic E-state index is 0.0135. The Bertz CT molecular complexity index is 1190. The number of benzene rings is 1. The number of nitrogens with zero attached hydrogens (tertiary/aromatic N) is 4. The standard InChI is InChI=1S/C18H20F2N6O3S/c1-29-13-4-3-12(19)15(20)14(13)16-11-9-21-18(23-17(11)25-24-16)22-10-5-7-26(8-6-10)30(2,27)28/h3-4,9-10H,5-8H2,1-2H3,(H2,21,22,23,24,25). The highest BCUT2D eigenvalue weighted by atomic mass is 32.2. The summed E-state index contributed by atoms with van der Waals surface area (Å²) < 4.78 is 58.0. The Kier molecular flexibility index (Phi) is 5.28. The molecule has 0 unspecified atom stereocenters. The van der Waals surface area contributed by atoms with Gasteiger partial charge in [-0.25, -0.2) is 26.5 Å². The van der Waals surface area contributed by atoms with Crippen LogP contribution in [-0.4, -0.2) is 65.4 Å². The van der Waals surface area contributed by atoms with Crippen molar-refractivity contribution in [3.63, 3.8) is 0 Å². The molecule has 4 rings (SSSR count). The summed E-state index contributed by atoms with van der Waals surface area (Å²) in [6.45, 7) is 0.841. The quantitative estimate of drug-likeness (QED) is 0.627. The molecule has 1 fully saturated rings. The summed E-state index contributed by atoms with van der Waals surface area (Å²) in [5.41, 5.74) is 0.408. The molecule has 0 spiro atoms. The van der Waals surface area contributed by atoms with Crippen LogP contribution >= 0.6 is 0 Å². The summed E-state index contributed by atoms with van der Waals surface area (Å²) in [5.74, 6) is -1.59. The highest BCUT2D eigenvalue weighted by Crippen LogP contribution is 2.36. The van der Waals surface area contributed by atoms with Gasteiger partial charge in [-0.3, -0.25) is 5.10 Å². The van der Waals surface area contributed by atoms with Gasteiger partial charge < -0.3 is 10.1 Å². The first-order valence-electron chi connectivity index (χ1n) is 9.23. The number of halogens is 2. The maximum Gasteiger partial charge on any atom is 0.224 e. The van der Waals surface area contributed by atoms with Gasteiger partial charge in [-0.15, -0.1) is 0 Å². The lowest BCUT2D eigenvalue weighted by atomic mass is 10.1. The van der Waals surface area contributed by atoms with Crippen LogP contribution in [0.2, 0.25) is 0 Å². The van der Waals surface area contributed by atoms with E-state index < -0.39 is 21.7 Å². The predicted octanol–water partition coefficient (Wildman–Crippen LogP) is 2.14. The van der Waals surface area contributed by atoms with Gasteiger partial charge in [0.15, 0.2) is 17.3 Å². The molecule has 3 heterocycles. The Morgan fingerprint density at radius 1 is 1.27 bits per heavy atom. The van der Waals surface area contributed by atoms with Crippen LogP contribution in [0.15, 0.2) is 18.3 Å². The SMILES string of the molecule is COc1ccc(F)c(F)c1-c1[nH]nc2nc(NC3CCN(S(C)(=O)=O)CC3)ncc12. The number of aromatic nitrogens is 4. The van der Waals surface area contributed by atoms with Gasteiger partial charge in [0.2, 0.25) is 16.0 Å². The Balaban J connectivity index is 1.58. The van der Waals surface area contributed by atoms with Crippen LogP contribution in [0.4, 0.5) is 14.7 Å². The van der Waals surface area contributed by atoms with Gasteiger partial charge in [0.25, 0.3) is 0 Å². The minimum atomic E-state index is -3.19. The summed E-state index contributed by atoms with van der Waals surface area (Å²) in [6, 6.07) is 2.34. The molecule has 2 N–H and O–H groups in total. The van der Waals surface area contributed by atoms with Crippen molar-refractivity contribution in [3.8, 4) is 17.0 Å². The van der Waals surface area contributed by atoms with Crippen molar-refractivity contribution in [2.45, 2.75) is 18.9 Å². The van der Waals surface area contributed by atoms with Crippen LogP contribution in [0.3, 0.4) is 0 Å². The lowest BCUT2D eigenvalue weighted by molar-refractivity contribution is 0.331. The number of nitrogens with one attached hydrogen (secondary N) is 2. The zero-order valence-electron chi connectivity index (χ0n) is 16.3. The number of rotatable bonds is 5. The molecule has 160 valence electrons. The topological polar surface area (TPSA) is 113 Å². The summed E-state index contributed by atoms with van der Waals surface area (Å²) >= 11 is 0. The first kappa shape index (κ1) is 20.4. The van der Waals surface area contributed by atoms with Crippen molar-refractivity contribution >= 4 is 27.0 Å². The lowest BCUT2D eigenvalue weighted by Gasteiger charge is -2.30. The van der Waals surface area contributed by atoms with Crippen LogP contribution < -0.4 is 10.1 Å². The van der Waals surface area contributed by atoms with E-state index in [0.717, 1.165) is 6.07 Å². The Morgan fingerprint density at radius 3 is 2.67 bits per heavy atom. The first-order chi connectivity index (χ1) is 14.3. The Labute approximate surface area is 171 Å². The van der Waals surface area contributed by atoms with Gasteiger partial charge in [-0.1, -0.05) is 0 Å². The third-order valence-electron chi connectivity index (χ3n) is 5.09. The van der Waals surface area contributed by atoms with Crippen molar-refractivity contribution < 1.29 is 21.9 Å². The number of sulfonamides is 1. The largest absolute Gasteiger partial charge is 0.496 e. The summed E-state index contributed by atoms with van der Waals surface area (Å²) in [6.07, 6.45) is 3.90. The number of hydrogen-bond donors (Lipinski definition) is 2. The normalized spacial score (nSPS) is 16.1. The van der Waals surface area contributed by atoms with E-state index in [1.165, 1.54) is 29.9 Å². The van der Waals surface area contributed by atoms with E-state index in [2.05, 4.69) is 25.5 Å². The smallest absolute Gasteiger partial charge is 0.224 e. The van der Waals surface area contributed by atoms with Crippen molar-refractivity contribution in [1.82, 2.24) is 24.5 Å². The Morgan fingerprint density at radius 2 is 2.00 bits per heavy atom. The number of hydrogen-bond acceptors (Lipinski definition) is 7. The van der Waals surface area contributed by atoms with Crippen molar-refractivity contribution in [1.29, 1.82) is 0 Å². The molecular weight excluding hydrogens is 418 g/mol. The van der Waals surface area contributed by atoms with E-state index in [9.17, 15) is 17.2 Å². The van der Waals surface area contributed by atoms with Gasteiger partial charge in [-0.2, -0.15) is 10.1 Å². The second-order valence-electron chi connectivity index (χ2n) is 7.05. The Hall–Kier alpha value is -2.86. The molecule has 12 heteroatoms. The molecule has 0 saturated carbocycles. The maximum atomic E-state index is 14.4. The van der Waals surface area contributed by atoms with E-state index >= 15 is 0 Å². The third kappa shape index (κ3) is 3.79. The van der Waals surface area contributed by atoms with Crippen molar-refractivity contribution in [3.05, 3.63) is 30.0 Å². The minimum Gasteiger partial charge on any atom is -0.496 e. The molecule has 0 aliphatic carbocycles. The molecule has 1 aliphatic rings. The first-order valence-corrected chi connectivity index (χ1v) is 11.1. The lowest BCUT2D eigenvalue weighted by Crippen LogP contribution is -2.42. The van der Waals surface area contributed by atoms with Crippen LogP contribution in [0, 0.1) is 11.6 Å². The zero-order chi connectivity index (χ0) is 21.5. The molecule has 0 atom stereocenters. The van der Waals surface area contributed by atoms with Crippen LogP contribution in [0.5, 0.6) is 5.75 Å². The molecule has 3 aromatic rings. The highest BCUT2D eigenvalue weighted by Gasteiger charge is 2.26. The highest BCUT2D eigenvalue weighted by molar-refractivity contribution is 7.88. The van der Waals surface area contributed by atoms with Gasteiger partial charge in [-0.05, 0) is 25.0 Å². The van der Waals surface area contributed by atoms with Crippen LogP contribution in [-0.2, 0) is 10.0 Å². The number of H-pyrrole nitrogens is 1. The van der Waals surface area contributed by atoms with E-state index in [1.54, 1.807) is 0 Å². The molecule has 1 aromatic carbocycles. The number of fused-ring (bicyclic) bond motifs is 1. The second kappa shape index (κ2) is 7.76. The molecular formula is C18H20F2N6O3S. The van der Waals surface area contributed by atoms with E-state index in [4.69, 9.17) is 4.74 Å². The molecule has 0 bridgehead atoms. The monoisotopic (exact) mass is 438 g/mol. The van der Waals surface area contributed by atoms with E-state index in [0.29, 0.717) is 37.3 Å². The predicted molar refractivity (Wildman–Crippen MR) is 107 cm³/mol. The maximum absolute atomic E-state index is 14.4. The fourth-order valence-electron chi connectivity index (χ4n) is 3.51. The fourth-order valence-corrected chi connectivity index (χ4v) is 4.39. The van der Waals surface area contributed by atoms with Crippen molar-refractivity contribution in [2.24, 2.45) is 0 Å². The molecule has 1 aliphatic heterocycles.